The summed E-state index contributed by atoms with van der Waals surface area (Å²) in [5.41, 5.74) is 7.77. The van der Waals surface area contributed by atoms with Crippen LogP contribution in [-0.2, 0) is 0 Å². The molecule has 0 unspecified atom stereocenters. The van der Waals surface area contributed by atoms with Gasteiger partial charge in [0.25, 0.3) is 11.8 Å². The molecule has 0 aliphatic rings. The second-order valence-electron chi connectivity index (χ2n) is 5.32. The molecule has 0 bridgehead atoms. The van der Waals surface area contributed by atoms with Crippen molar-refractivity contribution in [1.29, 1.82) is 0 Å². The largest absolute Gasteiger partial charge is 0.365 e. The van der Waals surface area contributed by atoms with Crippen molar-refractivity contribution in [2.75, 3.05) is 12.4 Å². The Bertz CT molecular complexity index is 901. The molecular weight excluding hydrogens is 318 g/mol. The number of rotatable bonds is 5. The lowest BCUT2D eigenvalue weighted by Crippen LogP contribution is -2.17. The summed E-state index contributed by atoms with van der Waals surface area (Å²) in [6.07, 6.45) is 1.58. The van der Waals surface area contributed by atoms with E-state index in [9.17, 15) is 9.59 Å². The number of nitrogens with two attached hydrogens (primary N) is 1. The zero-order valence-corrected chi connectivity index (χ0v) is 13.6. The first-order chi connectivity index (χ1) is 12.1. The molecule has 7 heteroatoms. The Morgan fingerprint density at radius 3 is 2.32 bits per heavy atom. The lowest BCUT2D eigenvalue weighted by atomic mass is 10.2. The molecule has 0 fully saturated rings. The van der Waals surface area contributed by atoms with E-state index < -0.39 is 5.91 Å². The Balaban J connectivity index is 1.90. The Morgan fingerprint density at radius 2 is 1.72 bits per heavy atom. The normalized spacial score (nSPS) is 10.3. The summed E-state index contributed by atoms with van der Waals surface area (Å²) in [5, 5.41) is 10.0. The van der Waals surface area contributed by atoms with Gasteiger partial charge in [-0.15, -0.1) is 5.10 Å². The predicted molar refractivity (Wildman–Crippen MR) is 95.2 cm³/mol. The van der Waals surface area contributed by atoms with Crippen LogP contribution in [0.25, 0.3) is 5.69 Å². The minimum absolute atomic E-state index is 0.169. The van der Waals surface area contributed by atoms with Crippen molar-refractivity contribution in [2.24, 2.45) is 5.73 Å². The standard InChI is InChI=1S/C18H17N5O2/c1-20-18(25)12-7-9-13(10-8-12)21-17-15(16(19)24)11-23(22-17)14-5-3-2-4-6-14/h2-11H,1H3,(H2,19,24)(H,20,25)(H,21,22). The number of primary amides is 1. The topological polar surface area (TPSA) is 102 Å². The average Bonchev–Trinajstić information content (AvgIpc) is 3.06. The van der Waals surface area contributed by atoms with Crippen molar-refractivity contribution in [1.82, 2.24) is 15.1 Å². The van der Waals surface area contributed by atoms with E-state index in [1.165, 1.54) is 0 Å². The minimum Gasteiger partial charge on any atom is -0.365 e. The quantitative estimate of drug-likeness (QED) is 0.664. The van der Waals surface area contributed by atoms with Crippen LogP contribution in [0.4, 0.5) is 11.5 Å². The molecular formula is C18H17N5O2. The SMILES string of the molecule is CNC(=O)c1ccc(Nc2nn(-c3ccccc3)cc2C(N)=O)cc1. The van der Waals surface area contributed by atoms with Crippen molar-refractivity contribution < 1.29 is 9.59 Å². The van der Waals surface area contributed by atoms with E-state index >= 15 is 0 Å². The zero-order chi connectivity index (χ0) is 17.8. The molecule has 126 valence electrons. The number of nitrogens with zero attached hydrogens (tertiary/aromatic N) is 2. The van der Waals surface area contributed by atoms with Crippen molar-refractivity contribution in [2.45, 2.75) is 0 Å². The maximum Gasteiger partial charge on any atom is 0.254 e. The molecule has 2 amide bonds. The van der Waals surface area contributed by atoms with Crippen molar-refractivity contribution >= 4 is 23.3 Å². The van der Waals surface area contributed by atoms with Gasteiger partial charge in [0.15, 0.2) is 5.82 Å². The summed E-state index contributed by atoms with van der Waals surface area (Å²) < 4.78 is 1.58. The number of carbonyl (C=O) groups excluding carboxylic acids is 2. The number of hydrogen-bond acceptors (Lipinski definition) is 4. The van der Waals surface area contributed by atoms with Gasteiger partial charge in [-0.05, 0) is 36.4 Å². The summed E-state index contributed by atoms with van der Waals surface area (Å²) in [5.74, 6) is -0.395. The van der Waals surface area contributed by atoms with Gasteiger partial charge in [0.1, 0.15) is 5.56 Å². The van der Waals surface area contributed by atoms with Gasteiger partial charge in [0, 0.05) is 24.5 Å². The van der Waals surface area contributed by atoms with E-state index in [-0.39, 0.29) is 11.5 Å². The van der Waals surface area contributed by atoms with Crippen LogP contribution in [0.2, 0.25) is 0 Å². The zero-order valence-electron chi connectivity index (χ0n) is 13.6. The van der Waals surface area contributed by atoms with Gasteiger partial charge in [-0.1, -0.05) is 18.2 Å². The van der Waals surface area contributed by atoms with Crippen LogP contribution in [0.1, 0.15) is 20.7 Å². The summed E-state index contributed by atoms with van der Waals surface area (Å²) in [6.45, 7) is 0. The van der Waals surface area contributed by atoms with Crippen LogP contribution in [0.15, 0.2) is 60.8 Å². The molecule has 0 aliphatic heterocycles. The summed E-state index contributed by atoms with van der Waals surface area (Å²) in [6, 6.07) is 16.2. The molecule has 1 aromatic heterocycles. The fourth-order valence-electron chi connectivity index (χ4n) is 2.35. The highest BCUT2D eigenvalue weighted by Gasteiger charge is 2.15. The maximum absolute atomic E-state index is 11.7. The van der Waals surface area contributed by atoms with E-state index in [4.69, 9.17) is 5.73 Å². The van der Waals surface area contributed by atoms with Crippen molar-refractivity contribution in [3.8, 4) is 5.69 Å². The number of carbonyl (C=O) groups is 2. The van der Waals surface area contributed by atoms with Crippen LogP contribution in [0.5, 0.6) is 0 Å². The fraction of sp³-hybridized carbons (Fsp3) is 0.0556. The second kappa shape index (κ2) is 6.88. The Morgan fingerprint density at radius 1 is 1.04 bits per heavy atom. The van der Waals surface area contributed by atoms with Gasteiger partial charge < -0.3 is 16.4 Å². The smallest absolute Gasteiger partial charge is 0.254 e. The second-order valence-corrected chi connectivity index (χ2v) is 5.32. The summed E-state index contributed by atoms with van der Waals surface area (Å²) >= 11 is 0. The number of amides is 2. The fourth-order valence-corrected chi connectivity index (χ4v) is 2.35. The maximum atomic E-state index is 11.7. The number of hydrogen-bond donors (Lipinski definition) is 3. The third kappa shape index (κ3) is 3.50. The Kier molecular flexibility index (Phi) is 4.47. The van der Waals surface area contributed by atoms with E-state index in [2.05, 4.69) is 15.7 Å². The molecule has 7 nitrogen and oxygen atoms in total. The van der Waals surface area contributed by atoms with Gasteiger partial charge in [0.05, 0.1) is 5.69 Å². The molecule has 0 aliphatic carbocycles. The number of benzene rings is 2. The lowest BCUT2D eigenvalue weighted by molar-refractivity contribution is 0.0961. The van der Waals surface area contributed by atoms with Gasteiger partial charge in [0.2, 0.25) is 0 Å². The van der Waals surface area contributed by atoms with Gasteiger partial charge in [-0.2, -0.15) is 0 Å². The predicted octanol–water partition coefficient (Wildman–Crippen LogP) is 2.07. The van der Waals surface area contributed by atoms with Crippen LogP contribution in [0, 0.1) is 0 Å². The molecule has 25 heavy (non-hydrogen) atoms. The molecule has 3 aromatic rings. The van der Waals surface area contributed by atoms with Crippen LogP contribution < -0.4 is 16.4 Å². The highest BCUT2D eigenvalue weighted by molar-refractivity contribution is 5.98. The van der Waals surface area contributed by atoms with E-state index in [0.717, 1.165) is 5.69 Å². The Labute approximate surface area is 144 Å². The molecule has 1 heterocycles. The third-order valence-corrected chi connectivity index (χ3v) is 3.64. The molecule has 0 atom stereocenters. The van der Waals surface area contributed by atoms with Crippen LogP contribution in [0.3, 0.4) is 0 Å². The number of aromatic nitrogens is 2. The molecule has 0 spiro atoms. The molecule has 4 N–H and O–H groups in total. The van der Waals surface area contributed by atoms with E-state index in [0.29, 0.717) is 17.1 Å². The van der Waals surface area contributed by atoms with Crippen LogP contribution in [-0.4, -0.2) is 28.6 Å². The summed E-state index contributed by atoms with van der Waals surface area (Å²) in [4.78, 5) is 23.3. The van der Waals surface area contributed by atoms with Crippen molar-refractivity contribution in [3.05, 3.63) is 71.9 Å². The molecule has 3 rings (SSSR count). The molecule has 2 aromatic carbocycles. The highest BCUT2D eigenvalue weighted by atomic mass is 16.1. The molecule has 0 saturated heterocycles. The van der Waals surface area contributed by atoms with E-state index in [1.54, 1.807) is 42.2 Å². The van der Waals surface area contributed by atoms with Crippen molar-refractivity contribution in [3.63, 3.8) is 0 Å². The first kappa shape index (κ1) is 16.3. The first-order valence-electron chi connectivity index (χ1n) is 7.62. The van der Waals surface area contributed by atoms with E-state index in [1.807, 2.05) is 30.3 Å². The molecule has 0 radical (unpaired) electrons. The number of para-hydroxylation sites is 1. The summed E-state index contributed by atoms with van der Waals surface area (Å²) in [7, 11) is 1.57. The van der Waals surface area contributed by atoms with Gasteiger partial charge in [-0.3, -0.25) is 9.59 Å². The lowest BCUT2D eigenvalue weighted by Gasteiger charge is -2.06. The third-order valence-electron chi connectivity index (χ3n) is 3.64. The Hall–Kier alpha value is -3.61. The molecule has 0 saturated carbocycles. The average molecular weight is 335 g/mol. The van der Waals surface area contributed by atoms with Gasteiger partial charge >= 0.3 is 0 Å². The first-order valence-corrected chi connectivity index (χ1v) is 7.62. The number of anilines is 2. The monoisotopic (exact) mass is 335 g/mol. The van der Waals surface area contributed by atoms with Crippen LogP contribution >= 0.6 is 0 Å². The highest BCUT2D eigenvalue weighted by Crippen LogP contribution is 2.21. The van der Waals surface area contributed by atoms with Gasteiger partial charge in [-0.25, -0.2) is 4.68 Å². The number of nitrogens with one attached hydrogen (secondary N) is 2. The minimum atomic E-state index is -0.577.